The molecule has 19 heavy (non-hydrogen) atoms. The van der Waals surface area contributed by atoms with Gasteiger partial charge in [0.15, 0.2) is 0 Å². The molecule has 0 radical (unpaired) electrons. The lowest BCUT2D eigenvalue weighted by Gasteiger charge is -2.53. The molecule has 1 aromatic rings. The standard InChI is InChI=1S/C15H20O4/c1-17-13-5-3-2-4-12(13)14(8-16)19-11-6-15(7-11)9-18-10-15/h2-5,11,14,16H,6-10H2,1H3. The summed E-state index contributed by atoms with van der Waals surface area (Å²) in [7, 11) is 1.64. The first kappa shape index (κ1) is 12.9. The fourth-order valence-corrected chi connectivity index (χ4v) is 3.01. The molecule has 2 fully saturated rings. The van der Waals surface area contributed by atoms with Gasteiger partial charge in [-0.15, -0.1) is 0 Å². The van der Waals surface area contributed by atoms with Gasteiger partial charge in [-0.05, 0) is 18.9 Å². The molecular formula is C15H20O4. The molecule has 1 unspecified atom stereocenters. The Kier molecular flexibility index (Phi) is 3.48. The van der Waals surface area contributed by atoms with E-state index in [1.54, 1.807) is 7.11 Å². The molecular weight excluding hydrogens is 244 g/mol. The largest absolute Gasteiger partial charge is 0.496 e. The summed E-state index contributed by atoms with van der Waals surface area (Å²) in [5.74, 6) is 0.766. The van der Waals surface area contributed by atoms with Crippen molar-refractivity contribution in [1.29, 1.82) is 0 Å². The Labute approximate surface area is 113 Å². The molecule has 4 heteroatoms. The molecule has 4 nitrogen and oxygen atoms in total. The van der Waals surface area contributed by atoms with Crippen molar-refractivity contribution in [2.45, 2.75) is 25.0 Å². The van der Waals surface area contributed by atoms with Crippen LogP contribution in [0.25, 0.3) is 0 Å². The number of rotatable bonds is 5. The second kappa shape index (κ2) is 5.12. The van der Waals surface area contributed by atoms with Crippen LogP contribution in [0, 0.1) is 5.41 Å². The number of benzene rings is 1. The average Bonchev–Trinajstić information content (AvgIpc) is 2.36. The van der Waals surface area contributed by atoms with E-state index in [0.29, 0.717) is 5.41 Å². The van der Waals surface area contributed by atoms with Crippen molar-refractivity contribution < 1.29 is 19.3 Å². The van der Waals surface area contributed by atoms with E-state index in [4.69, 9.17) is 14.2 Å². The van der Waals surface area contributed by atoms with Gasteiger partial charge in [0.2, 0.25) is 0 Å². The molecule has 2 aliphatic rings. The van der Waals surface area contributed by atoms with E-state index in [2.05, 4.69) is 0 Å². The molecule has 1 spiro atoms. The number of hydrogen-bond donors (Lipinski definition) is 1. The second-order valence-corrected chi connectivity index (χ2v) is 5.57. The third kappa shape index (κ3) is 2.36. The van der Waals surface area contributed by atoms with Crippen molar-refractivity contribution in [3.05, 3.63) is 29.8 Å². The number of methoxy groups -OCH3 is 1. The summed E-state index contributed by atoms with van der Waals surface area (Å²) in [5.41, 5.74) is 1.30. The first-order valence-corrected chi connectivity index (χ1v) is 6.73. The SMILES string of the molecule is COc1ccccc1C(CO)OC1CC2(COC2)C1. The van der Waals surface area contributed by atoms with Gasteiger partial charge >= 0.3 is 0 Å². The molecule has 1 N–H and O–H groups in total. The molecule has 1 saturated carbocycles. The lowest BCUT2D eigenvalue weighted by Crippen LogP contribution is -2.55. The molecule has 104 valence electrons. The molecule has 0 bridgehead atoms. The van der Waals surface area contributed by atoms with Crippen LogP contribution in [-0.4, -0.2) is 38.1 Å². The van der Waals surface area contributed by atoms with Gasteiger partial charge < -0.3 is 19.3 Å². The Morgan fingerprint density at radius 1 is 1.37 bits per heavy atom. The fraction of sp³-hybridized carbons (Fsp3) is 0.600. The van der Waals surface area contributed by atoms with Gasteiger partial charge in [-0.25, -0.2) is 0 Å². The number of para-hydroxylation sites is 1. The van der Waals surface area contributed by atoms with Gasteiger partial charge in [-0.1, -0.05) is 18.2 Å². The predicted octanol–water partition coefficient (Wildman–Crippen LogP) is 1.92. The zero-order valence-electron chi connectivity index (χ0n) is 11.2. The van der Waals surface area contributed by atoms with Crippen LogP contribution < -0.4 is 4.74 Å². The zero-order chi connectivity index (χ0) is 13.3. The maximum absolute atomic E-state index is 9.56. The second-order valence-electron chi connectivity index (χ2n) is 5.57. The minimum atomic E-state index is -0.306. The summed E-state index contributed by atoms with van der Waals surface area (Å²) >= 11 is 0. The molecule has 1 atom stereocenters. The minimum absolute atomic E-state index is 0.0274. The molecule has 0 aromatic heterocycles. The van der Waals surface area contributed by atoms with Crippen LogP contribution in [0.3, 0.4) is 0 Å². The van der Waals surface area contributed by atoms with E-state index in [-0.39, 0.29) is 18.8 Å². The van der Waals surface area contributed by atoms with Gasteiger partial charge in [0.1, 0.15) is 11.9 Å². The third-order valence-corrected chi connectivity index (χ3v) is 4.15. The van der Waals surface area contributed by atoms with E-state index in [1.165, 1.54) is 0 Å². The molecule has 1 saturated heterocycles. The average molecular weight is 264 g/mol. The maximum Gasteiger partial charge on any atom is 0.124 e. The van der Waals surface area contributed by atoms with E-state index in [1.807, 2.05) is 24.3 Å². The monoisotopic (exact) mass is 264 g/mol. The first-order valence-electron chi connectivity index (χ1n) is 6.73. The minimum Gasteiger partial charge on any atom is -0.496 e. The van der Waals surface area contributed by atoms with Crippen molar-refractivity contribution in [2.75, 3.05) is 26.9 Å². The zero-order valence-corrected chi connectivity index (χ0v) is 11.2. The highest BCUT2D eigenvalue weighted by Crippen LogP contribution is 2.49. The van der Waals surface area contributed by atoms with Crippen molar-refractivity contribution in [1.82, 2.24) is 0 Å². The Morgan fingerprint density at radius 2 is 2.11 bits per heavy atom. The molecule has 1 aromatic carbocycles. The number of aliphatic hydroxyl groups is 1. The molecule has 0 amide bonds. The lowest BCUT2D eigenvalue weighted by atomic mass is 9.65. The quantitative estimate of drug-likeness (QED) is 0.882. The lowest BCUT2D eigenvalue weighted by molar-refractivity contribution is -0.223. The smallest absolute Gasteiger partial charge is 0.124 e. The molecule has 1 heterocycles. The normalized spacial score (nSPS) is 22.6. The Hall–Kier alpha value is -1.10. The first-order chi connectivity index (χ1) is 9.26. The maximum atomic E-state index is 9.56. The highest BCUT2D eigenvalue weighted by atomic mass is 16.5. The van der Waals surface area contributed by atoms with E-state index in [0.717, 1.165) is 37.4 Å². The van der Waals surface area contributed by atoms with Crippen LogP contribution in [0.4, 0.5) is 0 Å². The molecule has 1 aliphatic carbocycles. The highest BCUT2D eigenvalue weighted by Gasteiger charge is 2.51. The Morgan fingerprint density at radius 3 is 2.68 bits per heavy atom. The summed E-state index contributed by atoms with van der Waals surface area (Å²) in [4.78, 5) is 0. The van der Waals surface area contributed by atoms with Gasteiger partial charge in [-0.3, -0.25) is 0 Å². The van der Waals surface area contributed by atoms with E-state index in [9.17, 15) is 5.11 Å². The van der Waals surface area contributed by atoms with Crippen molar-refractivity contribution in [2.24, 2.45) is 5.41 Å². The number of hydrogen-bond acceptors (Lipinski definition) is 4. The molecule has 1 aliphatic heterocycles. The summed E-state index contributed by atoms with van der Waals surface area (Å²) in [6, 6.07) is 7.69. The molecule has 3 rings (SSSR count). The topological polar surface area (TPSA) is 47.9 Å². The summed E-state index contributed by atoms with van der Waals surface area (Å²) in [6.45, 7) is 1.71. The summed E-state index contributed by atoms with van der Waals surface area (Å²) in [5, 5.41) is 9.56. The van der Waals surface area contributed by atoms with E-state index < -0.39 is 0 Å². The number of ether oxygens (including phenoxy) is 3. The van der Waals surface area contributed by atoms with Crippen LogP contribution >= 0.6 is 0 Å². The van der Waals surface area contributed by atoms with Gasteiger partial charge in [0, 0.05) is 11.0 Å². The van der Waals surface area contributed by atoms with Crippen LogP contribution in [-0.2, 0) is 9.47 Å². The van der Waals surface area contributed by atoms with Crippen molar-refractivity contribution in [3.8, 4) is 5.75 Å². The van der Waals surface area contributed by atoms with Gasteiger partial charge in [-0.2, -0.15) is 0 Å². The van der Waals surface area contributed by atoms with Crippen molar-refractivity contribution in [3.63, 3.8) is 0 Å². The van der Waals surface area contributed by atoms with Crippen molar-refractivity contribution >= 4 is 0 Å². The van der Waals surface area contributed by atoms with Gasteiger partial charge in [0.25, 0.3) is 0 Å². The predicted molar refractivity (Wildman–Crippen MR) is 70.2 cm³/mol. The third-order valence-electron chi connectivity index (χ3n) is 4.15. The Balaban J connectivity index is 1.64. The van der Waals surface area contributed by atoms with E-state index >= 15 is 0 Å². The van der Waals surface area contributed by atoms with Crippen LogP contribution in [0.15, 0.2) is 24.3 Å². The fourth-order valence-electron chi connectivity index (χ4n) is 3.01. The Bertz CT molecular complexity index is 434. The summed E-state index contributed by atoms with van der Waals surface area (Å²) in [6.07, 6.45) is 2.00. The van der Waals surface area contributed by atoms with Crippen LogP contribution in [0.2, 0.25) is 0 Å². The summed E-state index contributed by atoms with van der Waals surface area (Å²) < 4.78 is 16.6. The van der Waals surface area contributed by atoms with Gasteiger partial charge in [0.05, 0.1) is 33.0 Å². The van der Waals surface area contributed by atoms with Crippen LogP contribution in [0.1, 0.15) is 24.5 Å². The highest BCUT2D eigenvalue weighted by molar-refractivity contribution is 5.35. The number of aliphatic hydroxyl groups excluding tert-OH is 1. The van der Waals surface area contributed by atoms with Crippen LogP contribution in [0.5, 0.6) is 5.75 Å².